The Morgan fingerprint density at radius 1 is 1.15 bits per heavy atom. The number of halogens is 5. The lowest BCUT2D eigenvalue weighted by molar-refractivity contribution is -0.137. The molecule has 0 fully saturated rings. The fourth-order valence-electron chi connectivity index (χ4n) is 3.84. The number of alkyl halides is 3. The van der Waals surface area contributed by atoms with Crippen molar-refractivity contribution < 1.29 is 45.0 Å². The smallest absolute Gasteiger partial charge is 0.416 e. The average Bonchev–Trinajstić information content (AvgIpc) is 2.78. The minimum absolute atomic E-state index is 0.0966. The topological polar surface area (TPSA) is 72.8 Å². The van der Waals surface area contributed by atoms with Crippen LogP contribution in [0, 0.1) is 17.6 Å². The van der Waals surface area contributed by atoms with E-state index in [2.05, 4.69) is 6.58 Å². The average molecular weight is 492 g/mol. The summed E-state index contributed by atoms with van der Waals surface area (Å²) in [5.74, 6) is -3.68. The van der Waals surface area contributed by atoms with Crippen molar-refractivity contribution in [3.8, 4) is 5.75 Å². The highest BCUT2D eigenvalue weighted by molar-refractivity contribution is 7.91. The van der Waals surface area contributed by atoms with Crippen LogP contribution < -0.4 is 4.74 Å². The van der Waals surface area contributed by atoms with Crippen molar-refractivity contribution in [1.82, 2.24) is 0 Å². The fourth-order valence-corrected chi connectivity index (χ4v) is 5.90. The molecular formula is C22H21F5O5S. The Balaban J connectivity index is 2.17. The third-order valence-electron chi connectivity index (χ3n) is 5.33. The van der Waals surface area contributed by atoms with E-state index in [0.717, 1.165) is 24.3 Å². The van der Waals surface area contributed by atoms with Gasteiger partial charge in [-0.1, -0.05) is 6.08 Å². The van der Waals surface area contributed by atoms with Crippen LogP contribution in [0.15, 0.2) is 53.9 Å². The number of aliphatic hydroxyl groups excluding tert-OH is 1. The van der Waals surface area contributed by atoms with E-state index in [1.165, 1.54) is 6.08 Å². The second-order valence-corrected chi connectivity index (χ2v) is 9.46. The van der Waals surface area contributed by atoms with Crippen molar-refractivity contribution in [3.63, 3.8) is 0 Å². The van der Waals surface area contributed by atoms with Crippen LogP contribution in [0.5, 0.6) is 5.75 Å². The van der Waals surface area contributed by atoms with E-state index in [0.29, 0.717) is 12.1 Å². The molecule has 0 saturated carbocycles. The van der Waals surface area contributed by atoms with Crippen molar-refractivity contribution in [2.45, 2.75) is 28.8 Å². The summed E-state index contributed by atoms with van der Waals surface area (Å²) < 4.78 is 106. The van der Waals surface area contributed by atoms with Crippen molar-refractivity contribution in [3.05, 3.63) is 71.8 Å². The van der Waals surface area contributed by atoms with E-state index in [1.54, 1.807) is 0 Å². The van der Waals surface area contributed by atoms with E-state index in [9.17, 15) is 30.4 Å². The molecule has 0 bridgehead atoms. The first-order valence-corrected chi connectivity index (χ1v) is 11.4. The van der Waals surface area contributed by atoms with E-state index >= 15 is 0 Å². The zero-order valence-electron chi connectivity index (χ0n) is 17.2. The first-order chi connectivity index (χ1) is 15.5. The van der Waals surface area contributed by atoms with E-state index < -0.39 is 66.7 Å². The summed E-state index contributed by atoms with van der Waals surface area (Å²) >= 11 is 0. The summed E-state index contributed by atoms with van der Waals surface area (Å²) in [5, 5.41) is 7.39. The van der Waals surface area contributed by atoms with Gasteiger partial charge in [0.25, 0.3) is 0 Å². The molecule has 1 heterocycles. The molecule has 3 rings (SSSR count). The Kier molecular flexibility index (Phi) is 7.45. The van der Waals surface area contributed by atoms with Gasteiger partial charge in [-0.15, -0.1) is 6.58 Å². The Labute approximate surface area is 187 Å². The molecule has 0 aliphatic carbocycles. The lowest BCUT2D eigenvalue weighted by atomic mass is 9.89. The molecule has 5 nitrogen and oxygen atoms in total. The number of ether oxygens (including phenoxy) is 2. The Bertz CT molecular complexity index is 1100. The lowest BCUT2D eigenvalue weighted by Gasteiger charge is -2.37. The summed E-state index contributed by atoms with van der Waals surface area (Å²) in [5.41, 5.74) is -1.62. The third kappa shape index (κ3) is 5.04. The summed E-state index contributed by atoms with van der Waals surface area (Å²) in [6, 6.07) is 4.31. The molecule has 0 radical (unpaired) electrons. The molecule has 3 atom stereocenters. The second kappa shape index (κ2) is 9.78. The Morgan fingerprint density at radius 2 is 1.79 bits per heavy atom. The van der Waals surface area contributed by atoms with Gasteiger partial charge < -0.3 is 14.6 Å². The minimum Gasteiger partial charge on any atom is -0.490 e. The zero-order chi connectivity index (χ0) is 24.4. The lowest BCUT2D eigenvalue weighted by Crippen LogP contribution is -2.41. The van der Waals surface area contributed by atoms with Gasteiger partial charge in [-0.3, -0.25) is 0 Å². The molecular weight excluding hydrogens is 471 g/mol. The molecule has 11 heteroatoms. The highest BCUT2D eigenvalue weighted by Gasteiger charge is 2.47. The summed E-state index contributed by atoms with van der Waals surface area (Å²) in [6.07, 6.45) is -4.07. The predicted molar refractivity (Wildman–Crippen MR) is 108 cm³/mol. The highest BCUT2D eigenvalue weighted by atomic mass is 32.2. The number of sulfone groups is 1. The number of fused-ring (bicyclic) bond motifs is 1. The highest BCUT2D eigenvalue weighted by Crippen LogP contribution is 2.47. The second-order valence-electron chi connectivity index (χ2n) is 7.39. The summed E-state index contributed by atoms with van der Waals surface area (Å²) in [6.45, 7) is 2.67. The number of hydrogen-bond acceptors (Lipinski definition) is 5. The minimum atomic E-state index is -4.68. The molecule has 0 spiro atoms. The van der Waals surface area contributed by atoms with Gasteiger partial charge in [0.2, 0.25) is 0 Å². The van der Waals surface area contributed by atoms with Gasteiger partial charge in [-0.05, 0) is 42.8 Å². The number of aliphatic hydroxyl groups is 1. The van der Waals surface area contributed by atoms with E-state index in [-0.39, 0.29) is 26.2 Å². The number of rotatable bonds is 8. The third-order valence-corrected chi connectivity index (χ3v) is 7.52. The maximum Gasteiger partial charge on any atom is 0.416 e. The van der Waals surface area contributed by atoms with Crippen LogP contribution >= 0.6 is 0 Å². The van der Waals surface area contributed by atoms with Crippen molar-refractivity contribution in [2.24, 2.45) is 5.92 Å². The van der Waals surface area contributed by atoms with Crippen LogP contribution in [-0.4, -0.2) is 39.4 Å². The zero-order valence-corrected chi connectivity index (χ0v) is 18.0. The van der Waals surface area contributed by atoms with E-state index in [4.69, 9.17) is 14.6 Å². The molecule has 2 aromatic rings. The monoisotopic (exact) mass is 492 g/mol. The predicted octanol–water partition coefficient (Wildman–Crippen LogP) is 4.46. The van der Waals surface area contributed by atoms with E-state index in [1.807, 2.05) is 0 Å². The fraction of sp³-hybridized carbons (Fsp3) is 0.364. The van der Waals surface area contributed by atoms with Crippen LogP contribution in [0.1, 0.15) is 22.8 Å². The molecule has 2 aromatic carbocycles. The molecule has 0 unspecified atom stereocenters. The van der Waals surface area contributed by atoms with Crippen LogP contribution in [0.4, 0.5) is 22.0 Å². The Morgan fingerprint density at radius 3 is 2.36 bits per heavy atom. The molecule has 0 aromatic heterocycles. The molecule has 33 heavy (non-hydrogen) atoms. The first-order valence-electron chi connectivity index (χ1n) is 9.87. The summed E-state index contributed by atoms with van der Waals surface area (Å²) in [7, 11) is -4.55. The largest absolute Gasteiger partial charge is 0.490 e. The maximum absolute atomic E-state index is 14.9. The van der Waals surface area contributed by atoms with Crippen LogP contribution in [0.2, 0.25) is 0 Å². The molecule has 1 N–H and O–H groups in total. The Hall–Kier alpha value is -2.50. The molecule has 1 aliphatic heterocycles. The van der Waals surface area contributed by atoms with Crippen molar-refractivity contribution in [2.75, 3.05) is 19.8 Å². The van der Waals surface area contributed by atoms with Crippen LogP contribution in [0.25, 0.3) is 0 Å². The molecule has 0 saturated heterocycles. The standard InChI is InChI=1S/C22H21F5O5S/c1-2-3-18(31-11-10-28)15-12-32-20-17(24)9-8-16(23)19(20)21(15)33(29,30)14-6-4-13(5-7-14)22(25,26)27/h2,4-9,15,18,21,28H,1,3,10-12H2/t15-,18-,21-/m0/s1. The molecule has 1 aliphatic rings. The van der Waals surface area contributed by atoms with Gasteiger partial charge in [0, 0.05) is 5.92 Å². The van der Waals surface area contributed by atoms with Crippen molar-refractivity contribution in [1.29, 1.82) is 0 Å². The van der Waals surface area contributed by atoms with Gasteiger partial charge in [0.1, 0.15) is 11.1 Å². The molecule has 180 valence electrons. The van der Waals surface area contributed by atoms with Gasteiger partial charge >= 0.3 is 6.18 Å². The SMILES string of the molecule is C=CC[C@H](OCCO)[C@@H]1COc2c(F)ccc(F)c2[C@H]1S(=O)(=O)c1ccc(C(F)(F)F)cc1. The van der Waals surface area contributed by atoms with Crippen molar-refractivity contribution >= 4 is 9.84 Å². The molecule has 0 amide bonds. The van der Waals surface area contributed by atoms with Gasteiger partial charge in [-0.2, -0.15) is 13.2 Å². The first kappa shape index (κ1) is 25.1. The van der Waals surface area contributed by atoms with Gasteiger partial charge in [0.05, 0.1) is 41.9 Å². The van der Waals surface area contributed by atoms with Gasteiger partial charge in [-0.25, -0.2) is 17.2 Å². The normalized spacial score (nSPS) is 19.5. The summed E-state index contributed by atoms with van der Waals surface area (Å²) in [4.78, 5) is -0.499. The van der Waals surface area contributed by atoms with Crippen LogP contribution in [-0.2, 0) is 20.8 Å². The van der Waals surface area contributed by atoms with Crippen LogP contribution in [0.3, 0.4) is 0 Å². The maximum atomic E-state index is 14.9. The number of benzene rings is 2. The quantitative estimate of drug-likeness (QED) is 0.435. The van der Waals surface area contributed by atoms with Gasteiger partial charge in [0.15, 0.2) is 21.4 Å². The number of hydrogen-bond donors (Lipinski definition) is 1.